The summed E-state index contributed by atoms with van der Waals surface area (Å²) >= 11 is 0. The number of carbonyl (C=O) groups excluding carboxylic acids is 2. The Morgan fingerprint density at radius 2 is 1.78 bits per heavy atom. The second-order valence-corrected chi connectivity index (χ2v) is 6.61. The Labute approximate surface area is 156 Å². The molecule has 2 N–H and O–H groups in total. The van der Waals surface area contributed by atoms with E-state index in [4.69, 9.17) is 9.84 Å². The van der Waals surface area contributed by atoms with E-state index in [0.717, 1.165) is 10.8 Å². The Balaban J connectivity index is 1.75. The van der Waals surface area contributed by atoms with Gasteiger partial charge < -0.3 is 20.1 Å². The Kier molecular flexibility index (Phi) is 5.59. The molecule has 27 heavy (non-hydrogen) atoms. The van der Waals surface area contributed by atoms with E-state index in [0.29, 0.717) is 37.4 Å². The lowest BCUT2D eigenvalue weighted by Gasteiger charge is -2.30. The highest BCUT2D eigenvalue weighted by Gasteiger charge is 2.26. The molecule has 142 valence electrons. The highest BCUT2D eigenvalue weighted by molar-refractivity contribution is 6.04. The lowest BCUT2D eigenvalue weighted by molar-refractivity contribution is -0.139. The van der Waals surface area contributed by atoms with E-state index in [-0.39, 0.29) is 17.7 Å². The van der Waals surface area contributed by atoms with Crippen molar-refractivity contribution in [1.29, 1.82) is 0 Å². The zero-order valence-electron chi connectivity index (χ0n) is 15.1. The second kappa shape index (κ2) is 8.07. The highest BCUT2D eigenvalue weighted by Crippen LogP contribution is 2.32. The van der Waals surface area contributed by atoms with E-state index in [1.807, 2.05) is 24.3 Å². The molecule has 1 fully saturated rings. The van der Waals surface area contributed by atoms with Crippen molar-refractivity contribution in [2.45, 2.75) is 19.8 Å². The number of hydrogen-bond donors (Lipinski definition) is 2. The van der Waals surface area contributed by atoms with Gasteiger partial charge in [-0.1, -0.05) is 24.3 Å². The number of nitrogens with zero attached hydrogens (tertiary/aromatic N) is 1. The average Bonchev–Trinajstić information content (AvgIpc) is 2.67. The molecular formula is C20H22N2O5. The van der Waals surface area contributed by atoms with Crippen molar-refractivity contribution >= 4 is 34.2 Å². The van der Waals surface area contributed by atoms with Crippen LogP contribution in [0.1, 0.15) is 19.8 Å². The van der Waals surface area contributed by atoms with Gasteiger partial charge in [-0.05, 0) is 25.0 Å². The van der Waals surface area contributed by atoms with E-state index >= 15 is 0 Å². The van der Waals surface area contributed by atoms with Crippen LogP contribution in [0.4, 0.5) is 5.69 Å². The molecule has 0 radical (unpaired) electrons. The Morgan fingerprint density at radius 3 is 2.41 bits per heavy atom. The fraction of sp³-hybridized carbons (Fsp3) is 0.350. The summed E-state index contributed by atoms with van der Waals surface area (Å²) in [4.78, 5) is 36.6. The van der Waals surface area contributed by atoms with Crippen LogP contribution in [0.3, 0.4) is 0 Å². The SMILES string of the molecule is CC(=O)N1CCC(C(=O)Nc2ccc(OCC(=O)O)c3ccccc23)CC1. The third-order valence-electron chi connectivity index (χ3n) is 4.80. The number of carboxylic acid groups (broad SMARTS) is 1. The fourth-order valence-electron chi connectivity index (χ4n) is 3.34. The average molecular weight is 370 g/mol. The number of piperidine rings is 1. The molecular weight excluding hydrogens is 348 g/mol. The van der Waals surface area contributed by atoms with Crippen molar-refractivity contribution in [1.82, 2.24) is 4.90 Å². The number of carbonyl (C=O) groups is 3. The minimum absolute atomic E-state index is 0.0387. The summed E-state index contributed by atoms with van der Waals surface area (Å²) in [5, 5.41) is 13.3. The van der Waals surface area contributed by atoms with Gasteiger partial charge in [0.15, 0.2) is 6.61 Å². The van der Waals surface area contributed by atoms with Crippen molar-refractivity contribution in [3.63, 3.8) is 0 Å². The third kappa shape index (κ3) is 4.36. The maximum atomic E-state index is 12.7. The van der Waals surface area contributed by atoms with E-state index in [1.165, 1.54) is 0 Å². The van der Waals surface area contributed by atoms with E-state index in [9.17, 15) is 14.4 Å². The molecule has 0 aromatic heterocycles. The first-order chi connectivity index (χ1) is 13.0. The number of ether oxygens (including phenoxy) is 1. The molecule has 3 rings (SSSR count). The van der Waals surface area contributed by atoms with Crippen LogP contribution in [0.2, 0.25) is 0 Å². The van der Waals surface area contributed by atoms with Crippen molar-refractivity contribution in [3.8, 4) is 5.75 Å². The highest BCUT2D eigenvalue weighted by atomic mass is 16.5. The van der Waals surface area contributed by atoms with Gasteiger partial charge in [-0.2, -0.15) is 0 Å². The van der Waals surface area contributed by atoms with Gasteiger partial charge in [-0.25, -0.2) is 4.79 Å². The molecule has 0 atom stereocenters. The molecule has 7 nitrogen and oxygen atoms in total. The summed E-state index contributed by atoms with van der Waals surface area (Å²) in [6.45, 7) is 2.30. The molecule has 1 aliphatic rings. The smallest absolute Gasteiger partial charge is 0.341 e. The van der Waals surface area contributed by atoms with E-state index < -0.39 is 12.6 Å². The molecule has 2 aromatic carbocycles. The lowest BCUT2D eigenvalue weighted by atomic mass is 9.95. The maximum Gasteiger partial charge on any atom is 0.341 e. The normalized spacial score (nSPS) is 14.8. The van der Waals surface area contributed by atoms with Crippen LogP contribution in [0.5, 0.6) is 5.75 Å². The number of aliphatic carboxylic acids is 1. The van der Waals surface area contributed by atoms with E-state index in [2.05, 4.69) is 5.32 Å². The molecule has 0 aliphatic carbocycles. The molecule has 0 saturated carbocycles. The molecule has 2 amide bonds. The summed E-state index contributed by atoms with van der Waals surface area (Å²) < 4.78 is 5.34. The van der Waals surface area contributed by atoms with Gasteiger partial charge in [0.25, 0.3) is 0 Å². The van der Waals surface area contributed by atoms with Crippen LogP contribution in [0, 0.1) is 5.92 Å². The van der Waals surface area contributed by atoms with Gasteiger partial charge in [0, 0.05) is 42.4 Å². The van der Waals surface area contributed by atoms with Crippen LogP contribution < -0.4 is 10.1 Å². The lowest BCUT2D eigenvalue weighted by Crippen LogP contribution is -2.40. The minimum atomic E-state index is -1.05. The maximum absolute atomic E-state index is 12.7. The van der Waals surface area contributed by atoms with Crippen LogP contribution >= 0.6 is 0 Å². The summed E-state index contributed by atoms with van der Waals surface area (Å²) in [6, 6.07) is 10.8. The summed E-state index contributed by atoms with van der Waals surface area (Å²) in [6.07, 6.45) is 1.28. The number of likely N-dealkylation sites (tertiary alicyclic amines) is 1. The number of carboxylic acids is 1. The van der Waals surface area contributed by atoms with Crippen molar-refractivity contribution in [2.24, 2.45) is 5.92 Å². The van der Waals surface area contributed by atoms with Crippen LogP contribution in [-0.2, 0) is 14.4 Å². The number of anilines is 1. The molecule has 1 saturated heterocycles. The van der Waals surface area contributed by atoms with Gasteiger partial charge in [0.05, 0.1) is 0 Å². The number of rotatable bonds is 5. The van der Waals surface area contributed by atoms with E-state index in [1.54, 1.807) is 24.0 Å². The molecule has 1 heterocycles. The van der Waals surface area contributed by atoms with Crippen molar-refractivity contribution in [2.75, 3.05) is 25.0 Å². The Bertz CT molecular complexity index is 872. The number of fused-ring (bicyclic) bond motifs is 1. The van der Waals surface area contributed by atoms with Gasteiger partial charge >= 0.3 is 5.97 Å². The zero-order chi connectivity index (χ0) is 19.4. The number of hydrogen-bond acceptors (Lipinski definition) is 4. The van der Waals surface area contributed by atoms with Gasteiger partial charge in [0.2, 0.25) is 11.8 Å². The summed E-state index contributed by atoms with van der Waals surface area (Å²) in [5.41, 5.74) is 0.660. The predicted molar refractivity (Wildman–Crippen MR) is 101 cm³/mol. The molecule has 7 heteroatoms. The molecule has 0 spiro atoms. The monoisotopic (exact) mass is 370 g/mol. The molecule has 0 unspecified atom stereocenters. The van der Waals surface area contributed by atoms with Gasteiger partial charge in [-0.3, -0.25) is 9.59 Å². The first-order valence-corrected chi connectivity index (χ1v) is 8.88. The first kappa shape index (κ1) is 18.7. The summed E-state index contributed by atoms with van der Waals surface area (Å²) in [7, 11) is 0. The third-order valence-corrected chi connectivity index (χ3v) is 4.80. The quantitative estimate of drug-likeness (QED) is 0.843. The largest absolute Gasteiger partial charge is 0.481 e. The van der Waals surface area contributed by atoms with Gasteiger partial charge in [-0.15, -0.1) is 0 Å². The van der Waals surface area contributed by atoms with Crippen LogP contribution in [0.25, 0.3) is 10.8 Å². The van der Waals surface area contributed by atoms with Crippen LogP contribution in [-0.4, -0.2) is 47.5 Å². The van der Waals surface area contributed by atoms with Gasteiger partial charge in [0.1, 0.15) is 5.75 Å². The molecule has 0 bridgehead atoms. The molecule has 1 aliphatic heterocycles. The molecule has 2 aromatic rings. The Hall–Kier alpha value is -3.09. The topological polar surface area (TPSA) is 95.9 Å². The zero-order valence-corrected chi connectivity index (χ0v) is 15.1. The summed E-state index contributed by atoms with van der Waals surface area (Å²) in [5.74, 6) is -0.754. The first-order valence-electron chi connectivity index (χ1n) is 8.88. The number of amides is 2. The predicted octanol–water partition coefficient (Wildman–Crippen LogP) is 2.50. The fourth-order valence-corrected chi connectivity index (χ4v) is 3.34. The Morgan fingerprint density at radius 1 is 1.11 bits per heavy atom. The van der Waals surface area contributed by atoms with Crippen LogP contribution in [0.15, 0.2) is 36.4 Å². The number of nitrogens with one attached hydrogen (secondary N) is 1. The minimum Gasteiger partial charge on any atom is -0.481 e. The van der Waals surface area contributed by atoms with Crippen molar-refractivity contribution < 1.29 is 24.2 Å². The number of benzene rings is 2. The second-order valence-electron chi connectivity index (χ2n) is 6.61. The standard InChI is InChI=1S/C20H22N2O5/c1-13(23)22-10-8-14(9-11-22)20(26)21-17-6-7-18(27-12-19(24)25)16-5-3-2-4-15(16)17/h2-7,14H,8-12H2,1H3,(H,21,26)(H,24,25). The van der Waals surface area contributed by atoms with Crippen molar-refractivity contribution in [3.05, 3.63) is 36.4 Å².